The SMILES string of the molecule is Cc1[nH]c(C(=O)O)c(C)c1S(=O)(=O)NCCCN(C)C. The van der Waals surface area contributed by atoms with Crippen molar-refractivity contribution in [2.24, 2.45) is 0 Å². The van der Waals surface area contributed by atoms with E-state index in [9.17, 15) is 13.2 Å². The van der Waals surface area contributed by atoms with E-state index < -0.39 is 16.0 Å². The van der Waals surface area contributed by atoms with E-state index in [2.05, 4.69) is 9.71 Å². The molecular weight excluding hydrogens is 282 g/mol. The van der Waals surface area contributed by atoms with Crippen LogP contribution in [0.1, 0.15) is 28.2 Å². The van der Waals surface area contributed by atoms with Crippen LogP contribution in [0.25, 0.3) is 0 Å². The monoisotopic (exact) mass is 303 g/mol. The van der Waals surface area contributed by atoms with Gasteiger partial charge in [0.05, 0.1) is 0 Å². The molecule has 0 spiro atoms. The third-order valence-corrected chi connectivity index (χ3v) is 4.66. The number of nitrogens with zero attached hydrogens (tertiary/aromatic N) is 1. The van der Waals surface area contributed by atoms with Gasteiger partial charge in [-0.2, -0.15) is 0 Å². The molecule has 1 aromatic heterocycles. The molecule has 3 N–H and O–H groups in total. The quantitative estimate of drug-likeness (QED) is 0.639. The van der Waals surface area contributed by atoms with Crippen LogP contribution in [0, 0.1) is 13.8 Å². The van der Waals surface area contributed by atoms with E-state index >= 15 is 0 Å². The molecule has 8 heteroatoms. The lowest BCUT2D eigenvalue weighted by atomic mass is 10.2. The summed E-state index contributed by atoms with van der Waals surface area (Å²) in [6.07, 6.45) is 0.681. The van der Waals surface area contributed by atoms with E-state index in [1.54, 1.807) is 6.92 Å². The largest absolute Gasteiger partial charge is 0.477 e. The molecule has 0 aromatic carbocycles. The molecule has 1 rings (SSSR count). The van der Waals surface area contributed by atoms with Gasteiger partial charge in [-0.15, -0.1) is 0 Å². The minimum atomic E-state index is -3.70. The minimum Gasteiger partial charge on any atom is -0.477 e. The Morgan fingerprint density at radius 2 is 1.95 bits per heavy atom. The van der Waals surface area contributed by atoms with Crippen molar-refractivity contribution in [2.75, 3.05) is 27.2 Å². The topological polar surface area (TPSA) is 102 Å². The normalized spacial score (nSPS) is 12.1. The van der Waals surface area contributed by atoms with Crippen LogP contribution in [0.2, 0.25) is 0 Å². The molecule has 114 valence electrons. The van der Waals surface area contributed by atoms with Crippen molar-refractivity contribution >= 4 is 16.0 Å². The second-order valence-electron chi connectivity index (χ2n) is 4.94. The fraction of sp³-hybridized carbons (Fsp3) is 0.583. The van der Waals surface area contributed by atoms with E-state index in [4.69, 9.17) is 5.11 Å². The van der Waals surface area contributed by atoms with E-state index in [1.807, 2.05) is 19.0 Å². The Balaban J connectivity index is 2.91. The molecule has 1 aromatic rings. The molecule has 7 nitrogen and oxygen atoms in total. The van der Waals surface area contributed by atoms with Crippen LogP contribution in [-0.2, 0) is 10.0 Å². The number of aryl methyl sites for hydroxylation is 1. The summed E-state index contributed by atoms with van der Waals surface area (Å²) in [6, 6.07) is 0. The first-order chi connectivity index (χ1) is 9.16. The van der Waals surface area contributed by atoms with Crippen molar-refractivity contribution in [3.63, 3.8) is 0 Å². The van der Waals surface area contributed by atoms with Gasteiger partial charge in [0.2, 0.25) is 10.0 Å². The Labute approximate surface area is 119 Å². The summed E-state index contributed by atoms with van der Waals surface area (Å²) in [6.45, 7) is 4.12. The number of aromatic carboxylic acids is 1. The van der Waals surface area contributed by atoms with Gasteiger partial charge in [0, 0.05) is 17.8 Å². The number of hydrogen-bond acceptors (Lipinski definition) is 4. The first-order valence-corrected chi connectivity index (χ1v) is 7.72. The van der Waals surface area contributed by atoms with Crippen molar-refractivity contribution in [3.05, 3.63) is 17.0 Å². The molecule has 1 heterocycles. The zero-order chi connectivity index (χ0) is 15.5. The van der Waals surface area contributed by atoms with Gasteiger partial charge in [-0.3, -0.25) is 0 Å². The third-order valence-electron chi connectivity index (χ3n) is 2.93. The maximum atomic E-state index is 12.2. The molecule has 0 aliphatic heterocycles. The van der Waals surface area contributed by atoms with Crippen LogP contribution in [0.15, 0.2) is 4.90 Å². The number of carboxylic acid groups (broad SMARTS) is 1. The summed E-state index contributed by atoms with van der Waals surface area (Å²) >= 11 is 0. The Hall–Kier alpha value is -1.38. The smallest absolute Gasteiger partial charge is 0.352 e. The molecule has 20 heavy (non-hydrogen) atoms. The number of nitrogens with one attached hydrogen (secondary N) is 2. The number of aromatic nitrogens is 1. The first-order valence-electron chi connectivity index (χ1n) is 6.23. The molecule has 0 saturated heterocycles. The highest BCUT2D eigenvalue weighted by Gasteiger charge is 2.25. The molecular formula is C12H21N3O4S. The zero-order valence-electron chi connectivity index (χ0n) is 12.1. The Morgan fingerprint density at radius 1 is 1.35 bits per heavy atom. The van der Waals surface area contributed by atoms with Gasteiger partial charge in [0.15, 0.2) is 0 Å². The van der Waals surface area contributed by atoms with Gasteiger partial charge in [0.25, 0.3) is 0 Å². The molecule has 0 amide bonds. The molecule has 0 unspecified atom stereocenters. The van der Waals surface area contributed by atoms with Crippen molar-refractivity contribution in [2.45, 2.75) is 25.2 Å². The fourth-order valence-corrected chi connectivity index (χ4v) is 3.54. The van der Waals surface area contributed by atoms with E-state index in [-0.39, 0.29) is 16.2 Å². The molecule has 0 atom stereocenters. The number of H-pyrrole nitrogens is 1. The lowest BCUT2D eigenvalue weighted by Gasteiger charge is -2.10. The van der Waals surface area contributed by atoms with Crippen LogP contribution in [-0.4, -0.2) is 56.6 Å². The second kappa shape index (κ2) is 6.38. The summed E-state index contributed by atoms with van der Waals surface area (Å²) in [5, 5.41) is 8.99. The second-order valence-corrected chi connectivity index (χ2v) is 6.64. The predicted octanol–water partition coefficient (Wildman–Crippen LogP) is 0.560. The van der Waals surface area contributed by atoms with Crippen molar-refractivity contribution in [1.29, 1.82) is 0 Å². The summed E-state index contributed by atoms with van der Waals surface area (Å²) in [5.41, 5.74) is 0.478. The average Bonchev–Trinajstić information content (AvgIpc) is 2.61. The summed E-state index contributed by atoms with van der Waals surface area (Å²) < 4.78 is 26.9. The highest BCUT2D eigenvalue weighted by Crippen LogP contribution is 2.22. The molecule has 0 bridgehead atoms. The Morgan fingerprint density at radius 3 is 2.40 bits per heavy atom. The number of carbonyl (C=O) groups is 1. The van der Waals surface area contributed by atoms with Gasteiger partial charge >= 0.3 is 5.97 Å². The number of sulfonamides is 1. The van der Waals surface area contributed by atoms with Gasteiger partial charge < -0.3 is 15.0 Å². The van der Waals surface area contributed by atoms with Gasteiger partial charge in [0.1, 0.15) is 10.6 Å². The Bertz CT molecular complexity index is 590. The van der Waals surface area contributed by atoms with E-state index in [0.717, 1.165) is 6.54 Å². The van der Waals surface area contributed by atoms with Crippen molar-refractivity contribution in [3.8, 4) is 0 Å². The number of rotatable bonds is 7. The zero-order valence-corrected chi connectivity index (χ0v) is 13.0. The summed E-state index contributed by atoms with van der Waals surface area (Å²) in [4.78, 5) is 15.6. The summed E-state index contributed by atoms with van der Waals surface area (Å²) in [7, 11) is 0.126. The first kappa shape index (κ1) is 16.7. The number of hydrogen-bond donors (Lipinski definition) is 3. The van der Waals surface area contributed by atoms with Gasteiger partial charge in [-0.05, 0) is 40.9 Å². The number of aromatic amines is 1. The van der Waals surface area contributed by atoms with Crippen molar-refractivity contribution < 1.29 is 18.3 Å². The maximum Gasteiger partial charge on any atom is 0.352 e. The predicted molar refractivity (Wildman–Crippen MR) is 75.6 cm³/mol. The van der Waals surface area contributed by atoms with Crippen LogP contribution < -0.4 is 4.72 Å². The van der Waals surface area contributed by atoms with Gasteiger partial charge in [-0.1, -0.05) is 0 Å². The van der Waals surface area contributed by atoms with E-state index in [0.29, 0.717) is 18.7 Å². The van der Waals surface area contributed by atoms with Crippen molar-refractivity contribution in [1.82, 2.24) is 14.6 Å². The third kappa shape index (κ3) is 3.81. The molecule has 0 fully saturated rings. The number of carboxylic acids is 1. The van der Waals surface area contributed by atoms with E-state index in [1.165, 1.54) is 6.92 Å². The summed E-state index contributed by atoms with van der Waals surface area (Å²) in [5.74, 6) is -1.17. The maximum absolute atomic E-state index is 12.2. The van der Waals surface area contributed by atoms with Crippen LogP contribution >= 0.6 is 0 Å². The van der Waals surface area contributed by atoms with Crippen LogP contribution in [0.5, 0.6) is 0 Å². The molecule has 0 radical (unpaired) electrons. The lowest BCUT2D eigenvalue weighted by Crippen LogP contribution is -2.28. The lowest BCUT2D eigenvalue weighted by molar-refractivity contribution is 0.0690. The average molecular weight is 303 g/mol. The van der Waals surface area contributed by atoms with Gasteiger partial charge in [-0.25, -0.2) is 17.9 Å². The Kier molecular flexibility index (Phi) is 5.32. The highest BCUT2D eigenvalue weighted by molar-refractivity contribution is 7.89. The standard InChI is InChI=1S/C12H21N3O4S/c1-8-10(12(16)17)14-9(2)11(8)20(18,19)13-6-5-7-15(3)4/h13-14H,5-7H2,1-4H3,(H,16,17). The minimum absolute atomic E-state index is 0.0275. The molecule has 0 aliphatic carbocycles. The van der Waals surface area contributed by atoms with Crippen LogP contribution in [0.4, 0.5) is 0 Å². The fourth-order valence-electron chi connectivity index (χ4n) is 2.02. The molecule has 0 saturated carbocycles. The van der Waals surface area contributed by atoms with Crippen LogP contribution in [0.3, 0.4) is 0 Å². The molecule has 0 aliphatic rings. The highest BCUT2D eigenvalue weighted by atomic mass is 32.2.